The molecule has 0 spiro atoms. The topological polar surface area (TPSA) is 99.0 Å². The summed E-state index contributed by atoms with van der Waals surface area (Å²) in [5, 5.41) is 29.0. The number of carbonyl (C=O) groups is 1. The van der Waals surface area contributed by atoms with Crippen molar-refractivity contribution >= 4 is 5.97 Å². The second-order valence-electron chi connectivity index (χ2n) is 6.90. The Bertz CT molecular complexity index is 805. The zero-order chi connectivity index (χ0) is 20.5. The number of halogens is 3. The Labute approximate surface area is 158 Å². The van der Waals surface area contributed by atoms with Crippen LogP contribution in [-0.4, -0.2) is 34.0 Å². The summed E-state index contributed by atoms with van der Waals surface area (Å²) in [5.74, 6) is -1.36. The Kier molecular flexibility index (Phi) is 5.78. The number of rotatable bonds is 7. The normalized spacial score (nSPS) is 25.5. The molecule has 0 aromatic heterocycles. The fraction of sp³-hybridized carbons (Fsp3) is 0.421. The molecule has 3 rings (SSSR count). The van der Waals surface area contributed by atoms with Gasteiger partial charge in [-0.15, -0.1) is 0 Å². The van der Waals surface area contributed by atoms with Gasteiger partial charge in [-0.05, 0) is 42.0 Å². The van der Waals surface area contributed by atoms with Crippen LogP contribution in [0.2, 0.25) is 0 Å². The number of allylic oxidation sites excluding steroid dienone is 1. The number of aliphatic hydroxyl groups excluding tert-OH is 2. The van der Waals surface area contributed by atoms with E-state index in [1.807, 2.05) is 0 Å². The Balaban J connectivity index is 1.64. The molecule has 2 aliphatic carbocycles. The van der Waals surface area contributed by atoms with Gasteiger partial charge in [-0.25, -0.2) is 4.79 Å². The standard InChI is InChI=1S/C19H20F3NO5/c20-19(21,22)11-3-1-2-10(6-11)16(24)5-4-12-13-7-15(14(13)8-17(12)25)23-28-9-18(26)27/h1-6,12-13,16-17,23-25H,7-9H2,(H,26,27)/t12?,13-,16?,17?/m0/s1. The van der Waals surface area contributed by atoms with Gasteiger partial charge in [-0.2, -0.15) is 13.2 Å². The number of aliphatic carboxylic acids is 1. The second-order valence-corrected chi connectivity index (χ2v) is 6.90. The van der Waals surface area contributed by atoms with E-state index in [1.54, 1.807) is 6.08 Å². The SMILES string of the molecule is O=C(O)CONC1=C2CC(O)C(C=CC(O)c3cccc(C(F)(F)F)c3)[C@@H]2C1. The fourth-order valence-corrected chi connectivity index (χ4v) is 3.64. The van der Waals surface area contributed by atoms with E-state index in [0.29, 0.717) is 12.8 Å². The molecule has 0 heterocycles. The van der Waals surface area contributed by atoms with Gasteiger partial charge >= 0.3 is 12.1 Å². The third-order valence-corrected chi connectivity index (χ3v) is 5.06. The molecule has 0 bridgehead atoms. The van der Waals surface area contributed by atoms with Crippen LogP contribution in [0, 0.1) is 11.8 Å². The molecule has 2 aliphatic rings. The molecule has 0 radical (unpaired) electrons. The maximum atomic E-state index is 12.8. The molecule has 4 atom stereocenters. The average molecular weight is 399 g/mol. The molecule has 4 N–H and O–H groups in total. The Morgan fingerprint density at radius 2 is 2.11 bits per heavy atom. The minimum absolute atomic E-state index is 0.0240. The van der Waals surface area contributed by atoms with Gasteiger partial charge in [-0.1, -0.05) is 24.3 Å². The molecule has 3 unspecified atom stereocenters. The molecule has 6 nitrogen and oxygen atoms in total. The lowest BCUT2D eigenvalue weighted by molar-refractivity contribution is -0.144. The highest BCUT2D eigenvalue weighted by molar-refractivity contribution is 5.67. The number of benzene rings is 1. The third kappa shape index (κ3) is 4.37. The highest BCUT2D eigenvalue weighted by Gasteiger charge is 2.45. The minimum atomic E-state index is -4.49. The van der Waals surface area contributed by atoms with E-state index < -0.39 is 36.5 Å². The van der Waals surface area contributed by atoms with Gasteiger partial charge in [0.1, 0.15) is 0 Å². The summed E-state index contributed by atoms with van der Waals surface area (Å²) in [6.45, 7) is -0.490. The van der Waals surface area contributed by atoms with Crippen molar-refractivity contribution in [3.05, 3.63) is 58.8 Å². The Hall–Kier alpha value is -2.36. The van der Waals surface area contributed by atoms with Crippen molar-refractivity contribution in [2.45, 2.75) is 31.2 Å². The van der Waals surface area contributed by atoms with Crippen LogP contribution in [0.4, 0.5) is 13.2 Å². The van der Waals surface area contributed by atoms with Gasteiger partial charge in [0.05, 0.1) is 17.8 Å². The molecule has 0 amide bonds. The number of nitrogens with one attached hydrogen (secondary N) is 1. The monoisotopic (exact) mass is 399 g/mol. The summed E-state index contributed by atoms with van der Waals surface area (Å²) in [6, 6.07) is 4.48. The van der Waals surface area contributed by atoms with Crippen LogP contribution in [0.5, 0.6) is 0 Å². The van der Waals surface area contributed by atoms with Gasteiger partial charge in [0.2, 0.25) is 0 Å². The van der Waals surface area contributed by atoms with E-state index in [1.165, 1.54) is 18.2 Å². The van der Waals surface area contributed by atoms with Gasteiger partial charge in [-0.3, -0.25) is 10.3 Å². The summed E-state index contributed by atoms with van der Waals surface area (Å²) in [6.07, 6.45) is -2.44. The zero-order valence-electron chi connectivity index (χ0n) is 14.7. The van der Waals surface area contributed by atoms with E-state index in [4.69, 9.17) is 9.94 Å². The van der Waals surface area contributed by atoms with Crippen molar-refractivity contribution in [3.63, 3.8) is 0 Å². The van der Waals surface area contributed by atoms with Crippen LogP contribution in [0.25, 0.3) is 0 Å². The molecular weight excluding hydrogens is 379 g/mol. The Morgan fingerprint density at radius 3 is 2.79 bits per heavy atom. The predicted molar refractivity (Wildman–Crippen MR) is 91.5 cm³/mol. The van der Waals surface area contributed by atoms with Gasteiger partial charge in [0.15, 0.2) is 6.61 Å². The molecular formula is C19H20F3NO5. The number of alkyl halides is 3. The van der Waals surface area contributed by atoms with E-state index in [2.05, 4.69) is 5.48 Å². The molecule has 0 saturated heterocycles. The number of aliphatic hydroxyl groups is 2. The maximum absolute atomic E-state index is 12.8. The van der Waals surface area contributed by atoms with Gasteiger partial charge in [0.25, 0.3) is 0 Å². The maximum Gasteiger partial charge on any atom is 0.416 e. The van der Waals surface area contributed by atoms with Crippen molar-refractivity contribution in [2.24, 2.45) is 11.8 Å². The van der Waals surface area contributed by atoms with Crippen molar-refractivity contribution in [1.82, 2.24) is 5.48 Å². The number of hydroxylamine groups is 1. The van der Waals surface area contributed by atoms with Crippen molar-refractivity contribution in [3.8, 4) is 0 Å². The van der Waals surface area contributed by atoms with Crippen molar-refractivity contribution in [2.75, 3.05) is 6.61 Å². The molecule has 152 valence electrons. The number of hydrogen-bond donors (Lipinski definition) is 4. The van der Waals surface area contributed by atoms with Crippen LogP contribution < -0.4 is 5.48 Å². The number of hydrogen-bond acceptors (Lipinski definition) is 5. The summed E-state index contributed by atoms with van der Waals surface area (Å²) in [7, 11) is 0. The molecule has 9 heteroatoms. The van der Waals surface area contributed by atoms with E-state index in [9.17, 15) is 28.2 Å². The lowest BCUT2D eigenvalue weighted by Crippen LogP contribution is -2.30. The molecule has 28 heavy (non-hydrogen) atoms. The zero-order valence-corrected chi connectivity index (χ0v) is 14.7. The largest absolute Gasteiger partial charge is 0.479 e. The highest BCUT2D eigenvalue weighted by Crippen LogP contribution is 2.49. The van der Waals surface area contributed by atoms with Crippen LogP contribution in [0.3, 0.4) is 0 Å². The first-order valence-electron chi connectivity index (χ1n) is 8.70. The Morgan fingerprint density at radius 1 is 1.36 bits per heavy atom. The average Bonchev–Trinajstić information content (AvgIpc) is 2.86. The van der Waals surface area contributed by atoms with Crippen LogP contribution in [-0.2, 0) is 15.8 Å². The summed E-state index contributed by atoms with van der Waals surface area (Å²) >= 11 is 0. The summed E-state index contributed by atoms with van der Waals surface area (Å²) in [5.41, 5.74) is 3.53. The quantitative estimate of drug-likeness (QED) is 0.416. The fourth-order valence-electron chi connectivity index (χ4n) is 3.64. The van der Waals surface area contributed by atoms with Gasteiger partial charge < -0.3 is 15.3 Å². The summed E-state index contributed by atoms with van der Waals surface area (Å²) in [4.78, 5) is 15.3. The number of fused-ring (bicyclic) bond motifs is 1. The summed E-state index contributed by atoms with van der Waals surface area (Å²) < 4.78 is 38.4. The second kappa shape index (κ2) is 7.94. The predicted octanol–water partition coefficient (Wildman–Crippen LogP) is 2.56. The first kappa shape index (κ1) is 20.4. The van der Waals surface area contributed by atoms with E-state index >= 15 is 0 Å². The first-order chi connectivity index (χ1) is 13.2. The molecule has 1 aromatic carbocycles. The molecule has 1 fully saturated rings. The highest BCUT2D eigenvalue weighted by atomic mass is 19.4. The van der Waals surface area contributed by atoms with Crippen molar-refractivity contribution < 1.29 is 38.1 Å². The molecule has 0 aliphatic heterocycles. The molecule has 1 saturated carbocycles. The van der Waals surface area contributed by atoms with E-state index in [0.717, 1.165) is 23.4 Å². The third-order valence-electron chi connectivity index (χ3n) is 5.06. The minimum Gasteiger partial charge on any atom is -0.479 e. The van der Waals surface area contributed by atoms with Gasteiger partial charge in [0, 0.05) is 11.6 Å². The van der Waals surface area contributed by atoms with Crippen LogP contribution >= 0.6 is 0 Å². The lowest BCUT2D eigenvalue weighted by Gasteiger charge is -2.31. The smallest absolute Gasteiger partial charge is 0.416 e. The van der Waals surface area contributed by atoms with Crippen molar-refractivity contribution in [1.29, 1.82) is 0 Å². The van der Waals surface area contributed by atoms with Crippen LogP contribution in [0.15, 0.2) is 47.7 Å². The molecule has 1 aromatic rings. The lowest BCUT2D eigenvalue weighted by atomic mass is 9.79. The van der Waals surface area contributed by atoms with E-state index in [-0.39, 0.29) is 17.4 Å². The first-order valence-corrected chi connectivity index (χ1v) is 8.70. The number of carboxylic acids is 1. The van der Waals surface area contributed by atoms with Crippen LogP contribution in [0.1, 0.15) is 30.1 Å². The number of carboxylic acid groups (broad SMARTS) is 1.